The Morgan fingerprint density at radius 2 is 1.64 bits per heavy atom. The predicted molar refractivity (Wildman–Crippen MR) is 102 cm³/mol. The maximum Gasteiger partial charge on any atom is 0.184 e. The van der Waals surface area contributed by atoms with E-state index in [1.54, 1.807) is 42.6 Å². The van der Waals surface area contributed by atoms with Crippen LogP contribution in [0.4, 0.5) is 0 Å². The molecular formula is C21H21N3O4. The number of ketones is 2. The van der Waals surface area contributed by atoms with E-state index >= 15 is 0 Å². The first-order chi connectivity index (χ1) is 13.5. The minimum Gasteiger partial charge on any atom is -0.508 e. The number of nitrogens with zero attached hydrogens (tertiary/aromatic N) is 3. The number of carbonyl (C=O) groups excluding carboxylic acids is 2. The monoisotopic (exact) mass is 379 g/mol. The summed E-state index contributed by atoms with van der Waals surface area (Å²) in [5.41, 5.74) is 1.75. The number of benzene rings is 2. The van der Waals surface area contributed by atoms with E-state index in [0.29, 0.717) is 29.0 Å². The van der Waals surface area contributed by atoms with Gasteiger partial charge in [-0.2, -0.15) is 0 Å². The van der Waals surface area contributed by atoms with Gasteiger partial charge in [0.25, 0.3) is 0 Å². The lowest BCUT2D eigenvalue weighted by Crippen LogP contribution is -2.10. The first-order valence-corrected chi connectivity index (χ1v) is 9.02. The lowest BCUT2D eigenvalue weighted by Gasteiger charge is -2.05. The van der Waals surface area contributed by atoms with Crippen molar-refractivity contribution in [3.8, 4) is 11.5 Å². The Hall–Kier alpha value is -3.48. The molecule has 0 fully saturated rings. The summed E-state index contributed by atoms with van der Waals surface area (Å²) < 4.78 is 7.11. The van der Waals surface area contributed by atoms with Gasteiger partial charge in [0.2, 0.25) is 0 Å². The third-order valence-corrected chi connectivity index (χ3v) is 4.12. The van der Waals surface area contributed by atoms with Crippen LogP contribution in [0.5, 0.6) is 11.5 Å². The summed E-state index contributed by atoms with van der Waals surface area (Å²) in [6, 6.07) is 13.1. The summed E-state index contributed by atoms with van der Waals surface area (Å²) in [7, 11) is 0. The molecule has 0 aliphatic rings. The van der Waals surface area contributed by atoms with E-state index in [4.69, 9.17) is 4.74 Å². The summed E-state index contributed by atoms with van der Waals surface area (Å²) in [6.07, 6.45) is 3.01. The van der Waals surface area contributed by atoms with Gasteiger partial charge in [-0.15, -0.1) is 5.10 Å². The number of phenolic OH excluding ortho intramolecular Hbond substituents is 1. The van der Waals surface area contributed by atoms with Crippen molar-refractivity contribution in [2.75, 3.05) is 0 Å². The van der Waals surface area contributed by atoms with Crippen LogP contribution in [-0.2, 0) is 13.2 Å². The molecule has 0 aliphatic carbocycles. The zero-order valence-corrected chi connectivity index (χ0v) is 15.5. The van der Waals surface area contributed by atoms with Gasteiger partial charge >= 0.3 is 0 Å². The van der Waals surface area contributed by atoms with Crippen molar-refractivity contribution >= 4 is 11.6 Å². The molecule has 0 radical (unpaired) electrons. The first kappa shape index (κ1) is 19.3. The number of Topliss-reactive ketones (excluding diaryl/α,β-unsaturated/α-hetero) is 2. The number of hydrogen-bond donors (Lipinski definition) is 1. The Morgan fingerprint density at radius 1 is 1.00 bits per heavy atom. The van der Waals surface area contributed by atoms with Gasteiger partial charge in [0, 0.05) is 17.5 Å². The van der Waals surface area contributed by atoms with Gasteiger partial charge in [0.1, 0.15) is 30.3 Å². The standard InChI is InChI=1S/C21H21N3O4/c1-2-3-20(26)15-6-10-19(11-7-15)28-14-17-12-24(23-22-17)13-21(27)16-4-8-18(25)9-5-16/h4-12,25H,2-3,13-14H2,1H3. The minimum atomic E-state index is -0.135. The highest BCUT2D eigenvalue weighted by Gasteiger charge is 2.10. The van der Waals surface area contributed by atoms with Gasteiger partial charge in [-0.25, -0.2) is 4.68 Å². The molecule has 0 atom stereocenters. The molecule has 0 amide bonds. The van der Waals surface area contributed by atoms with Crippen LogP contribution in [0.3, 0.4) is 0 Å². The van der Waals surface area contributed by atoms with E-state index < -0.39 is 0 Å². The van der Waals surface area contributed by atoms with Gasteiger partial charge in [-0.05, 0) is 55.0 Å². The molecule has 0 bridgehead atoms. The molecule has 7 heteroatoms. The van der Waals surface area contributed by atoms with E-state index in [1.165, 1.54) is 16.8 Å². The van der Waals surface area contributed by atoms with Crippen molar-refractivity contribution in [1.29, 1.82) is 0 Å². The number of rotatable bonds is 9. The van der Waals surface area contributed by atoms with Gasteiger partial charge in [0.05, 0.1) is 6.20 Å². The molecule has 3 aromatic rings. The topological polar surface area (TPSA) is 94.3 Å². The van der Waals surface area contributed by atoms with Gasteiger partial charge in [-0.3, -0.25) is 9.59 Å². The van der Waals surface area contributed by atoms with Crippen LogP contribution >= 0.6 is 0 Å². The maximum atomic E-state index is 12.2. The second kappa shape index (κ2) is 8.94. The zero-order valence-electron chi connectivity index (χ0n) is 15.5. The molecule has 7 nitrogen and oxygen atoms in total. The normalized spacial score (nSPS) is 10.6. The molecule has 0 aliphatic heterocycles. The van der Waals surface area contributed by atoms with Crippen molar-refractivity contribution in [2.45, 2.75) is 32.9 Å². The Kier molecular flexibility index (Phi) is 6.16. The first-order valence-electron chi connectivity index (χ1n) is 9.02. The molecule has 0 saturated heterocycles. The number of aromatic hydroxyl groups is 1. The molecule has 1 heterocycles. The molecular weight excluding hydrogens is 358 g/mol. The maximum absolute atomic E-state index is 12.2. The van der Waals surface area contributed by atoms with E-state index in [0.717, 1.165) is 6.42 Å². The van der Waals surface area contributed by atoms with Crippen molar-refractivity contribution in [3.63, 3.8) is 0 Å². The Bertz CT molecular complexity index is 947. The second-order valence-electron chi connectivity index (χ2n) is 6.36. The molecule has 144 valence electrons. The van der Waals surface area contributed by atoms with E-state index in [-0.39, 0.29) is 30.5 Å². The van der Waals surface area contributed by atoms with Crippen molar-refractivity contribution in [2.24, 2.45) is 0 Å². The van der Waals surface area contributed by atoms with Gasteiger partial charge < -0.3 is 9.84 Å². The highest BCUT2D eigenvalue weighted by atomic mass is 16.5. The van der Waals surface area contributed by atoms with Gasteiger partial charge in [-0.1, -0.05) is 12.1 Å². The average molecular weight is 379 g/mol. The lowest BCUT2D eigenvalue weighted by atomic mass is 10.1. The molecule has 2 aromatic carbocycles. The SMILES string of the molecule is CCCC(=O)c1ccc(OCc2cn(CC(=O)c3ccc(O)cc3)nn2)cc1. The molecule has 3 rings (SSSR count). The van der Waals surface area contributed by atoms with E-state index in [1.807, 2.05) is 6.92 Å². The van der Waals surface area contributed by atoms with Crippen LogP contribution in [-0.4, -0.2) is 31.7 Å². The number of carbonyl (C=O) groups is 2. The second-order valence-corrected chi connectivity index (χ2v) is 6.36. The van der Waals surface area contributed by atoms with Crippen molar-refractivity contribution < 1.29 is 19.4 Å². The van der Waals surface area contributed by atoms with Crippen LogP contribution in [0.25, 0.3) is 0 Å². The smallest absolute Gasteiger partial charge is 0.184 e. The summed E-state index contributed by atoms with van der Waals surface area (Å²) in [6.45, 7) is 2.22. The van der Waals surface area contributed by atoms with Crippen molar-refractivity contribution in [1.82, 2.24) is 15.0 Å². The highest BCUT2D eigenvalue weighted by molar-refractivity contribution is 5.96. The zero-order chi connectivity index (χ0) is 19.9. The van der Waals surface area contributed by atoms with E-state index in [9.17, 15) is 14.7 Å². The fraction of sp³-hybridized carbons (Fsp3) is 0.238. The Balaban J connectivity index is 1.54. The quantitative estimate of drug-likeness (QED) is 0.573. The number of ether oxygens (including phenoxy) is 1. The molecule has 0 spiro atoms. The summed E-state index contributed by atoms with van der Waals surface area (Å²) >= 11 is 0. The number of aromatic nitrogens is 3. The summed E-state index contributed by atoms with van der Waals surface area (Å²) in [5.74, 6) is 0.724. The van der Waals surface area contributed by atoms with E-state index in [2.05, 4.69) is 10.3 Å². The van der Waals surface area contributed by atoms with Crippen LogP contribution in [0.2, 0.25) is 0 Å². The Labute approximate surface area is 162 Å². The fourth-order valence-electron chi connectivity index (χ4n) is 2.63. The van der Waals surface area contributed by atoms with Crippen LogP contribution < -0.4 is 4.74 Å². The van der Waals surface area contributed by atoms with Crippen LogP contribution in [0.15, 0.2) is 54.7 Å². The number of phenols is 1. The summed E-state index contributed by atoms with van der Waals surface area (Å²) in [4.78, 5) is 24.1. The number of hydrogen-bond acceptors (Lipinski definition) is 6. The van der Waals surface area contributed by atoms with Crippen LogP contribution in [0, 0.1) is 0 Å². The highest BCUT2D eigenvalue weighted by Crippen LogP contribution is 2.15. The largest absolute Gasteiger partial charge is 0.508 e. The molecule has 28 heavy (non-hydrogen) atoms. The third-order valence-electron chi connectivity index (χ3n) is 4.12. The summed E-state index contributed by atoms with van der Waals surface area (Å²) in [5, 5.41) is 17.2. The minimum absolute atomic E-state index is 0.0476. The van der Waals surface area contributed by atoms with Gasteiger partial charge in [0.15, 0.2) is 11.6 Å². The van der Waals surface area contributed by atoms with Crippen LogP contribution in [0.1, 0.15) is 46.2 Å². The van der Waals surface area contributed by atoms with Crippen molar-refractivity contribution in [3.05, 3.63) is 71.5 Å². The Morgan fingerprint density at radius 3 is 2.32 bits per heavy atom. The molecule has 0 saturated carbocycles. The molecule has 1 N–H and O–H groups in total. The third kappa shape index (κ3) is 5.03. The predicted octanol–water partition coefficient (Wildman–Crippen LogP) is 3.43. The average Bonchev–Trinajstić information content (AvgIpc) is 3.15. The lowest BCUT2D eigenvalue weighted by molar-refractivity contribution is 0.0963. The molecule has 0 unspecified atom stereocenters. The fourth-order valence-corrected chi connectivity index (χ4v) is 2.63. The molecule has 1 aromatic heterocycles.